The molecular weight excluding hydrogens is 365 g/mol. The molecule has 1 aromatic carbocycles. The van der Waals surface area contributed by atoms with Crippen molar-refractivity contribution in [3.63, 3.8) is 0 Å². The minimum Gasteiger partial charge on any atom is -0.310 e. The molecule has 0 spiro atoms. The van der Waals surface area contributed by atoms with E-state index in [0.29, 0.717) is 24.0 Å². The first-order chi connectivity index (χ1) is 13.0. The van der Waals surface area contributed by atoms with Gasteiger partial charge in [0, 0.05) is 18.9 Å². The number of aryl methyl sites for hydroxylation is 1. The number of hydrogen-bond acceptors (Lipinski definition) is 3. The van der Waals surface area contributed by atoms with Gasteiger partial charge in [-0.15, -0.1) is 0 Å². The number of nitrogens with zero attached hydrogens (tertiary/aromatic N) is 3. The minimum absolute atomic E-state index is 0.182. The molecule has 4 rings (SSSR count). The summed E-state index contributed by atoms with van der Waals surface area (Å²) in [4.78, 5) is 19.8. The Morgan fingerprint density at radius 2 is 1.89 bits per heavy atom. The number of fused-ring (bicyclic) bond motifs is 1. The van der Waals surface area contributed by atoms with Crippen molar-refractivity contribution in [2.75, 3.05) is 0 Å². The number of halogens is 2. The summed E-state index contributed by atoms with van der Waals surface area (Å²) in [6.45, 7) is 3.86. The number of Topliss-reactive ketones (excluding diaryl/α,β-unsaturated/α-hetero) is 1. The van der Waals surface area contributed by atoms with E-state index in [1.165, 1.54) is 31.4 Å². The Morgan fingerprint density at radius 1 is 1.19 bits per heavy atom. The van der Waals surface area contributed by atoms with Gasteiger partial charge in [-0.05, 0) is 56.0 Å². The monoisotopic (exact) mass is 387 g/mol. The third kappa shape index (κ3) is 4.72. The van der Waals surface area contributed by atoms with E-state index in [2.05, 4.69) is 14.5 Å². The Labute approximate surface area is 163 Å². The number of imidazole rings is 1. The zero-order chi connectivity index (χ0) is 19.4. The maximum absolute atomic E-state index is 12.4. The molecule has 6 heteroatoms. The Hall–Kier alpha value is -2.27. The number of benzene rings is 1. The second kappa shape index (κ2) is 8.61. The summed E-state index contributed by atoms with van der Waals surface area (Å²) in [5.41, 5.74) is 2.76. The smallest absolute Gasteiger partial charge is 0.161 e. The van der Waals surface area contributed by atoms with Crippen LogP contribution in [0.2, 0.25) is 5.15 Å². The number of aromatic nitrogens is 3. The predicted molar refractivity (Wildman–Crippen MR) is 106 cm³/mol. The molecule has 0 atom stereocenters. The molecule has 1 saturated carbocycles. The molecule has 142 valence electrons. The fourth-order valence-corrected chi connectivity index (χ4v) is 3.24. The van der Waals surface area contributed by atoms with Gasteiger partial charge >= 0.3 is 0 Å². The Bertz CT molecular complexity index is 932. The summed E-state index contributed by atoms with van der Waals surface area (Å²) in [7, 11) is 0. The molecule has 0 aliphatic heterocycles. The number of rotatable bonds is 4. The first-order valence-electron chi connectivity index (χ1n) is 9.25. The largest absolute Gasteiger partial charge is 0.310 e. The summed E-state index contributed by atoms with van der Waals surface area (Å²) in [5, 5.41) is 0.544. The number of carbonyl (C=O) groups excluding carboxylic acids is 1. The van der Waals surface area contributed by atoms with E-state index in [1.807, 2.05) is 19.9 Å². The van der Waals surface area contributed by atoms with E-state index in [4.69, 9.17) is 11.6 Å². The van der Waals surface area contributed by atoms with Crippen LogP contribution in [0.25, 0.3) is 11.2 Å². The molecule has 0 N–H and O–H groups in total. The highest BCUT2D eigenvalue weighted by Gasteiger charge is 2.23. The van der Waals surface area contributed by atoms with Gasteiger partial charge in [0.05, 0.1) is 0 Å². The number of carbonyl (C=O) groups is 1. The molecule has 0 bridgehead atoms. The van der Waals surface area contributed by atoms with Crippen molar-refractivity contribution in [1.29, 1.82) is 0 Å². The highest BCUT2D eigenvalue weighted by atomic mass is 35.5. The predicted octanol–water partition coefficient (Wildman–Crippen LogP) is 5.47. The second-order valence-electron chi connectivity index (χ2n) is 6.79. The van der Waals surface area contributed by atoms with Crippen molar-refractivity contribution in [1.82, 2.24) is 14.5 Å². The fourth-order valence-electron chi connectivity index (χ4n) is 3.10. The van der Waals surface area contributed by atoms with Crippen molar-refractivity contribution in [3.05, 3.63) is 58.8 Å². The molecule has 27 heavy (non-hydrogen) atoms. The van der Waals surface area contributed by atoms with Crippen LogP contribution in [0.4, 0.5) is 4.39 Å². The van der Waals surface area contributed by atoms with Crippen LogP contribution in [-0.4, -0.2) is 20.3 Å². The minimum atomic E-state index is -0.261. The van der Waals surface area contributed by atoms with Gasteiger partial charge in [-0.25, -0.2) is 14.4 Å². The number of pyridine rings is 1. The zero-order valence-electron chi connectivity index (χ0n) is 15.6. The number of ketones is 1. The molecular formula is C21H23ClFN3O. The molecule has 0 saturated heterocycles. The Balaban J connectivity index is 0.000000161. The van der Waals surface area contributed by atoms with E-state index in [9.17, 15) is 9.18 Å². The highest BCUT2D eigenvalue weighted by molar-refractivity contribution is 6.29. The summed E-state index contributed by atoms with van der Waals surface area (Å²) in [5.74, 6) is 0.966. The standard InChI is InChI=1S/C11H12ClN3.C10H11FO/c1-7-13-9-5-6-10(12)14-11(9)15(7)8-3-2-4-8;1-2-10(12)7-8-3-5-9(11)6-4-8/h5-6,8H,2-4H2,1H3;3-6H,2,7H2,1H3. The average Bonchev–Trinajstić information content (AvgIpc) is 2.92. The first kappa shape index (κ1) is 19.5. The molecule has 2 aromatic heterocycles. The van der Waals surface area contributed by atoms with Crippen LogP contribution in [-0.2, 0) is 11.2 Å². The van der Waals surface area contributed by atoms with Crippen LogP contribution in [0, 0.1) is 12.7 Å². The van der Waals surface area contributed by atoms with E-state index < -0.39 is 0 Å². The Morgan fingerprint density at radius 3 is 2.48 bits per heavy atom. The zero-order valence-corrected chi connectivity index (χ0v) is 16.3. The van der Waals surface area contributed by atoms with Crippen LogP contribution >= 0.6 is 11.6 Å². The summed E-state index contributed by atoms with van der Waals surface area (Å²) in [6, 6.07) is 10.3. The van der Waals surface area contributed by atoms with Gasteiger partial charge in [0.2, 0.25) is 0 Å². The van der Waals surface area contributed by atoms with Crippen molar-refractivity contribution >= 4 is 28.5 Å². The lowest BCUT2D eigenvalue weighted by Gasteiger charge is -2.28. The molecule has 1 fully saturated rings. The summed E-state index contributed by atoms with van der Waals surface area (Å²) < 4.78 is 14.6. The molecule has 2 heterocycles. The molecule has 1 aliphatic carbocycles. The van der Waals surface area contributed by atoms with Gasteiger partial charge in [-0.3, -0.25) is 4.79 Å². The van der Waals surface area contributed by atoms with Gasteiger partial charge in [0.15, 0.2) is 5.65 Å². The molecule has 3 aromatic rings. The maximum Gasteiger partial charge on any atom is 0.161 e. The molecule has 1 aliphatic rings. The maximum atomic E-state index is 12.4. The molecule has 0 unspecified atom stereocenters. The van der Waals surface area contributed by atoms with Gasteiger partial charge in [0.25, 0.3) is 0 Å². The van der Waals surface area contributed by atoms with Crippen LogP contribution in [0.1, 0.15) is 50.0 Å². The van der Waals surface area contributed by atoms with E-state index >= 15 is 0 Å². The topological polar surface area (TPSA) is 47.8 Å². The van der Waals surface area contributed by atoms with E-state index in [-0.39, 0.29) is 11.6 Å². The second-order valence-corrected chi connectivity index (χ2v) is 7.17. The van der Waals surface area contributed by atoms with Crippen molar-refractivity contribution in [2.24, 2.45) is 0 Å². The van der Waals surface area contributed by atoms with Gasteiger partial charge in [0.1, 0.15) is 28.1 Å². The number of hydrogen-bond donors (Lipinski definition) is 0. The lowest BCUT2D eigenvalue weighted by molar-refractivity contribution is -0.118. The van der Waals surface area contributed by atoms with E-state index in [0.717, 1.165) is 22.6 Å². The van der Waals surface area contributed by atoms with Crippen molar-refractivity contribution in [2.45, 2.75) is 52.0 Å². The fraction of sp³-hybridized carbons (Fsp3) is 0.381. The van der Waals surface area contributed by atoms with Crippen molar-refractivity contribution < 1.29 is 9.18 Å². The molecule has 0 amide bonds. The summed E-state index contributed by atoms with van der Waals surface area (Å²) >= 11 is 5.91. The molecule has 0 radical (unpaired) electrons. The van der Waals surface area contributed by atoms with Gasteiger partial charge < -0.3 is 4.57 Å². The van der Waals surface area contributed by atoms with Gasteiger partial charge in [-0.1, -0.05) is 30.7 Å². The van der Waals surface area contributed by atoms with Crippen LogP contribution in [0.5, 0.6) is 0 Å². The van der Waals surface area contributed by atoms with Crippen molar-refractivity contribution in [3.8, 4) is 0 Å². The SMILES string of the molecule is CCC(=O)Cc1ccc(F)cc1.Cc1nc2ccc(Cl)nc2n1C1CCC1. The molecule has 4 nitrogen and oxygen atoms in total. The Kier molecular flexibility index (Phi) is 6.22. The average molecular weight is 388 g/mol. The lowest BCUT2D eigenvalue weighted by Crippen LogP contribution is -2.18. The third-order valence-corrected chi connectivity index (χ3v) is 5.04. The normalized spacial score (nSPS) is 13.8. The third-order valence-electron chi connectivity index (χ3n) is 4.83. The first-order valence-corrected chi connectivity index (χ1v) is 9.63. The summed E-state index contributed by atoms with van der Waals surface area (Å²) in [6.07, 6.45) is 4.74. The van der Waals surface area contributed by atoms with Crippen LogP contribution < -0.4 is 0 Å². The van der Waals surface area contributed by atoms with Gasteiger partial charge in [-0.2, -0.15) is 0 Å². The quantitative estimate of drug-likeness (QED) is 0.558. The lowest BCUT2D eigenvalue weighted by atomic mass is 9.93. The highest BCUT2D eigenvalue weighted by Crippen LogP contribution is 2.35. The van der Waals surface area contributed by atoms with Crippen LogP contribution in [0.15, 0.2) is 36.4 Å². The van der Waals surface area contributed by atoms with Crippen LogP contribution in [0.3, 0.4) is 0 Å². The van der Waals surface area contributed by atoms with E-state index in [1.54, 1.807) is 18.2 Å².